The van der Waals surface area contributed by atoms with Gasteiger partial charge >= 0.3 is 0 Å². The molecule has 1 aliphatic rings. The molecule has 2 rings (SSSR count). The van der Waals surface area contributed by atoms with Crippen LogP contribution in [-0.4, -0.2) is 35.9 Å². The molecule has 7 heteroatoms. The zero-order chi connectivity index (χ0) is 16.3. The van der Waals surface area contributed by atoms with Gasteiger partial charge < -0.3 is 15.4 Å². The van der Waals surface area contributed by atoms with Crippen LogP contribution in [0.15, 0.2) is 22.7 Å². The van der Waals surface area contributed by atoms with Crippen molar-refractivity contribution in [3.05, 3.63) is 28.5 Å². The number of halogens is 2. The number of primary amides is 1. The van der Waals surface area contributed by atoms with Crippen LogP contribution in [0.3, 0.4) is 0 Å². The van der Waals surface area contributed by atoms with Crippen molar-refractivity contribution < 1.29 is 18.7 Å². The minimum atomic E-state index is -0.728. The Hall–Kier alpha value is -1.63. The number of amides is 2. The Morgan fingerprint density at radius 3 is 2.86 bits per heavy atom. The SMILES string of the molecule is CC(Oc1ccc(F)cc1Br)C(=O)N1CCCC(C(N)=O)C1. The van der Waals surface area contributed by atoms with E-state index in [1.54, 1.807) is 11.8 Å². The zero-order valence-corrected chi connectivity index (χ0v) is 13.8. The number of ether oxygens (including phenoxy) is 1. The zero-order valence-electron chi connectivity index (χ0n) is 12.2. The van der Waals surface area contributed by atoms with E-state index in [1.165, 1.54) is 18.2 Å². The van der Waals surface area contributed by atoms with Crippen molar-refractivity contribution >= 4 is 27.7 Å². The molecule has 120 valence electrons. The average Bonchev–Trinajstić information content (AvgIpc) is 2.49. The van der Waals surface area contributed by atoms with Gasteiger partial charge in [0.05, 0.1) is 10.4 Å². The molecule has 1 aromatic carbocycles. The number of hydrogen-bond donors (Lipinski definition) is 1. The highest BCUT2D eigenvalue weighted by Gasteiger charge is 2.30. The Morgan fingerprint density at radius 2 is 2.23 bits per heavy atom. The fraction of sp³-hybridized carbons (Fsp3) is 0.467. The molecule has 1 heterocycles. The summed E-state index contributed by atoms with van der Waals surface area (Å²) in [5.41, 5.74) is 5.31. The highest BCUT2D eigenvalue weighted by molar-refractivity contribution is 9.10. The van der Waals surface area contributed by atoms with E-state index in [-0.39, 0.29) is 17.7 Å². The van der Waals surface area contributed by atoms with Crippen molar-refractivity contribution in [1.82, 2.24) is 4.90 Å². The molecule has 0 aromatic heterocycles. The lowest BCUT2D eigenvalue weighted by molar-refractivity contribution is -0.141. The third-order valence-electron chi connectivity index (χ3n) is 3.68. The average molecular weight is 373 g/mol. The Balaban J connectivity index is 2.01. The first-order valence-electron chi connectivity index (χ1n) is 7.08. The van der Waals surface area contributed by atoms with Gasteiger partial charge in [-0.3, -0.25) is 9.59 Å². The molecule has 1 saturated heterocycles. The molecular weight excluding hydrogens is 355 g/mol. The van der Waals surface area contributed by atoms with Gasteiger partial charge in [0, 0.05) is 13.1 Å². The van der Waals surface area contributed by atoms with Crippen molar-refractivity contribution in [3.63, 3.8) is 0 Å². The Labute approximate surface area is 136 Å². The van der Waals surface area contributed by atoms with Crippen LogP contribution in [0.1, 0.15) is 19.8 Å². The molecule has 5 nitrogen and oxygen atoms in total. The van der Waals surface area contributed by atoms with Gasteiger partial charge in [-0.2, -0.15) is 0 Å². The lowest BCUT2D eigenvalue weighted by atomic mass is 9.97. The molecule has 1 fully saturated rings. The van der Waals surface area contributed by atoms with Gasteiger partial charge in [-0.05, 0) is 53.9 Å². The van der Waals surface area contributed by atoms with Gasteiger partial charge in [-0.1, -0.05) is 0 Å². The number of rotatable bonds is 4. The minimum Gasteiger partial charge on any atom is -0.480 e. The summed E-state index contributed by atoms with van der Waals surface area (Å²) in [5.74, 6) is -0.888. The van der Waals surface area contributed by atoms with Crippen LogP contribution >= 0.6 is 15.9 Å². The summed E-state index contributed by atoms with van der Waals surface area (Å²) >= 11 is 3.20. The number of carbonyl (C=O) groups excluding carboxylic acids is 2. The van der Waals surface area contributed by atoms with Gasteiger partial charge in [-0.15, -0.1) is 0 Å². The van der Waals surface area contributed by atoms with E-state index in [4.69, 9.17) is 10.5 Å². The Morgan fingerprint density at radius 1 is 1.50 bits per heavy atom. The molecule has 0 saturated carbocycles. The summed E-state index contributed by atoms with van der Waals surface area (Å²) in [6.07, 6.45) is 0.720. The minimum absolute atomic E-state index is 0.206. The molecule has 1 aromatic rings. The first-order chi connectivity index (χ1) is 10.4. The van der Waals surface area contributed by atoms with Crippen LogP contribution in [0.4, 0.5) is 4.39 Å². The van der Waals surface area contributed by atoms with Gasteiger partial charge in [0.2, 0.25) is 5.91 Å². The van der Waals surface area contributed by atoms with Crippen LogP contribution in [0, 0.1) is 11.7 Å². The Bertz CT molecular complexity index is 582. The maximum atomic E-state index is 13.0. The smallest absolute Gasteiger partial charge is 0.263 e. The van der Waals surface area contributed by atoms with Crippen molar-refractivity contribution in [3.8, 4) is 5.75 Å². The van der Waals surface area contributed by atoms with Crippen molar-refractivity contribution in [1.29, 1.82) is 0 Å². The number of nitrogens with zero attached hydrogens (tertiary/aromatic N) is 1. The van der Waals surface area contributed by atoms with Crippen LogP contribution in [0.5, 0.6) is 5.75 Å². The number of piperidine rings is 1. The van der Waals surface area contributed by atoms with Crippen molar-refractivity contribution in [2.45, 2.75) is 25.9 Å². The largest absolute Gasteiger partial charge is 0.480 e. The van der Waals surface area contributed by atoms with Crippen LogP contribution in [0.2, 0.25) is 0 Å². The summed E-state index contributed by atoms with van der Waals surface area (Å²) < 4.78 is 19.1. The van der Waals surface area contributed by atoms with E-state index in [0.717, 1.165) is 6.42 Å². The molecule has 2 atom stereocenters. The van der Waals surface area contributed by atoms with Crippen molar-refractivity contribution in [2.75, 3.05) is 13.1 Å². The number of benzene rings is 1. The topological polar surface area (TPSA) is 72.6 Å². The van der Waals surface area contributed by atoms with Gasteiger partial charge in [0.15, 0.2) is 6.10 Å². The van der Waals surface area contributed by atoms with E-state index in [1.807, 2.05) is 0 Å². The highest BCUT2D eigenvalue weighted by Crippen LogP contribution is 2.27. The summed E-state index contributed by atoms with van der Waals surface area (Å²) in [4.78, 5) is 25.3. The molecule has 0 spiro atoms. The van der Waals surface area contributed by atoms with Crippen LogP contribution < -0.4 is 10.5 Å². The summed E-state index contributed by atoms with van der Waals surface area (Å²) in [7, 11) is 0. The predicted molar refractivity (Wildman–Crippen MR) is 82.7 cm³/mol. The van der Waals surface area contributed by atoms with Crippen molar-refractivity contribution in [2.24, 2.45) is 11.7 Å². The number of carbonyl (C=O) groups is 2. The number of hydrogen-bond acceptors (Lipinski definition) is 3. The predicted octanol–water partition coefficient (Wildman–Crippen LogP) is 2.08. The second-order valence-electron chi connectivity index (χ2n) is 5.36. The maximum Gasteiger partial charge on any atom is 0.263 e. The van der Waals surface area contributed by atoms with Gasteiger partial charge in [-0.25, -0.2) is 4.39 Å². The third-order valence-corrected chi connectivity index (χ3v) is 4.30. The molecule has 0 bridgehead atoms. The van der Waals surface area contributed by atoms with E-state index in [2.05, 4.69) is 15.9 Å². The normalized spacial score (nSPS) is 19.6. The number of nitrogens with two attached hydrogens (primary N) is 1. The van der Waals surface area contributed by atoms with E-state index < -0.39 is 11.9 Å². The summed E-state index contributed by atoms with van der Waals surface area (Å²) in [6.45, 7) is 2.54. The highest BCUT2D eigenvalue weighted by atomic mass is 79.9. The molecule has 0 radical (unpaired) electrons. The molecule has 0 aliphatic carbocycles. The molecule has 22 heavy (non-hydrogen) atoms. The lowest BCUT2D eigenvalue weighted by Crippen LogP contribution is -2.48. The molecule has 1 aliphatic heterocycles. The quantitative estimate of drug-likeness (QED) is 0.879. The molecule has 2 unspecified atom stereocenters. The van der Waals surface area contributed by atoms with E-state index in [0.29, 0.717) is 29.7 Å². The van der Waals surface area contributed by atoms with Gasteiger partial charge in [0.1, 0.15) is 11.6 Å². The fourth-order valence-electron chi connectivity index (χ4n) is 2.48. The standard InChI is InChI=1S/C15H18BrFN2O3/c1-9(22-13-5-4-11(17)7-12(13)16)15(21)19-6-2-3-10(8-19)14(18)20/h4-5,7,9-10H,2-3,6,8H2,1H3,(H2,18,20). The van der Waals surface area contributed by atoms with Crippen LogP contribution in [0.25, 0.3) is 0 Å². The fourth-order valence-corrected chi connectivity index (χ4v) is 2.92. The summed E-state index contributed by atoms with van der Waals surface area (Å²) in [6, 6.07) is 4.00. The second-order valence-corrected chi connectivity index (χ2v) is 6.21. The summed E-state index contributed by atoms with van der Waals surface area (Å²) in [5, 5.41) is 0. The number of likely N-dealkylation sites (tertiary alicyclic amines) is 1. The lowest BCUT2D eigenvalue weighted by Gasteiger charge is -2.33. The molecule has 2 amide bonds. The molecular formula is C15H18BrFN2O3. The first-order valence-corrected chi connectivity index (χ1v) is 7.87. The van der Waals surface area contributed by atoms with E-state index in [9.17, 15) is 14.0 Å². The van der Waals surface area contributed by atoms with E-state index >= 15 is 0 Å². The maximum absolute atomic E-state index is 13.0. The monoisotopic (exact) mass is 372 g/mol. The molecule has 2 N–H and O–H groups in total. The second kappa shape index (κ2) is 7.09. The Kier molecular flexibility index (Phi) is 5.39. The van der Waals surface area contributed by atoms with Gasteiger partial charge in [0.25, 0.3) is 5.91 Å². The first kappa shape index (κ1) is 16.7. The third kappa shape index (κ3) is 3.97. The van der Waals surface area contributed by atoms with Crippen LogP contribution in [-0.2, 0) is 9.59 Å².